The minimum atomic E-state index is -3.85. The predicted molar refractivity (Wildman–Crippen MR) is 108 cm³/mol. The van der Waals surface area contributed by atoms with E-state index < -0.39 is 15.8 Å². The van der Waals surface area contributed by atoms with Crippen molar-refractivity contribution >= 4 is 26.7 Å². The monoisotopic (exact) mass is 430 g/mol. The van der Waals surface area contributed by atoms with Crippen molar-refractivity contribution < 1.29 is 17.6 Å². The third kappa shape index (κ3) is 3.48. The Morgan fingerprint density at radius 1 is 1.00 bits per heavy atom. The zero-order valence-electron chi connectivity index (χ0n) is 16.2. The molecule has 0 bridgehead atoms. The van der Waals surface area contributed by atoms with Crippen LogP contribution in [0.15, 0.2) is 58.2 Å². The van der Waals surface area contributed by atoms with Gasteiger partial charge in [0.25, 0.3) is 11.5 Å². The summed E-state index contributed by atoms with van der Waals surface area (Å²) in [6, 6.07) is 11.6. The summed E-state index contributed by atoms with van der Waals surface area (Å²) >= 11 is 0. The standard InChI is InChI=1S/C20H19FN4O4S/c1-23-19(26)17-8-3-2-7-16(17)18(22-23)20(27)24-9-11-25(12-10-24)30(28,29)15-6-4-5-14(21)13-15/h2-8,13H,9-12H2,1H3. The minimum Gasteiger partial charge on any atom is -0.335 e. The Hall–Kier alpha value is -3.11. The number of hydrogen-bond donors (Lipinski definition) is 0. The van der Waals surface area contributed by atoms with Crippen LogP contribution in [0.5, 0.6) is 0 Å². The second kappa shape index (κ2) is 7.62. The molecule has 1 fully saturated rings. The van der Waals surface area contributed by atoms with Crippen molar-refractivity contribution in [3.05, 3.63) is 70.4 Å². The summed E-state index contributed by atoms with van der Waals surface area (Å²) in [6.45, 7) is 0.473. The van der Waals surface area contributed by atoms with Gasteiger partial charge in [-0.2, -0.15) is 9.40 Å². The number of halogens is 1. The molecular weight excluding hydrogens is 411 g/mol. The number of carbonyl (C=O) groups excluding carboxylic acids is 1. The van der Waals surface area contributed by atoms with Crippen LogP contribution in [0.3, 0.4) is 0 Å². The van der Waals surface area contributed by atoms with Gasteiger partial charge in [0, 0.05) is 38.6 Å². The Balaban J connectivity index is 1.57. The lowest BCUT2D eigenvalue weighted by Gasteiger charge is -2.34. The van der Waals surface area contributed by atoms with Crippen molar-refractivity contribution in [1.82, 2.24) is 19.0 Å². The Labute approximate surface area is 172 Å². The first-order valence-corrected chi connectivity index (χ1v) is 10.7. The summed E-state index contributed by atoms with van der Waals surface area (Å²) in [6.07, 6.45) is 0. The molecule has 3 aromatic rings. The fourth-order valence-electron chi connectivity index (χ4n) is 3.52. The Morgan fingerprint density at radius 2 is 1.67 bits per heavy atom. The molecule has 1 aromatic heterocycles. The molecule has 1 aliphatic rings. The van der Waals surface area contributed by atoms with Crippen molar-refractivity contribution in [1.29, 1.82) is 0 Å². The van der Waals surface area contributed by atoms with E-state index in [4.69, 9.17) is 0 Å². The molecule has 0 atom stereocenters. The molecule has 2 aromatic carbocycles. The van der Waals surface area contributed by atoms with Crippen molar-refractivity contribution in [2.45, 2.75) is 4.90 Å². The fourth-order valence-corrected chi connectivity index (χ4v) is 4.97. The highest BCUT2D eigenvalue weighted by molar-refractivity contribution is 7.89. The molecule has 0 radical (unpaired) electrons. The molecule has 4 rings (SSSR count). The summed E-state index contributed by atoms with van der Waals surface area (Å²) < 4.78 is 41.3. The van der Waals surface area contributed by atoms with Gasteiger partial charge in [-0.05, 0) is 24.3 Å². The van der Waals surface area contributed by atoms with E-state index in [9.17, 15) is 22.4 Å². The number of aromatic nitrogens is 2. The van der Waals surface area contributed by atoms with Crippen LogP contribution in [0.1, 0.15) is 10.5 Å². The van der Waals surface area contributed by atoms with Gasteiger partial charge in [-0.1, -0.05) is 24.3 Å². The van der Waals surface area contributed by atoms with E-state index in [2.05, 4.69) is 5.10 Å². The summed E-state index contributed by atoms with van der Waals surface area (Å²) in [5.74, 6) is -0.998. The number of carbonyl (C=O) groups is 1. The van der Waals surface area contributed by atoms with Gasteiger partial charge >= 0.3 is 0 Å². The number of piperazine rings is 1. The lowest BCUT2D eigenvalue weighted by Crippen LogP contribution is -2.50. The van der Waals surface area contributed by atoms with Crippen LogP contribution in [0.4, 0.5) is 4.39 Å². The quantitative estimate of drug-likeness (QED) is 0.623. The maximum absolute atomic E-state index is 13.4. The van der Waals surface area contributed by atoms with Crippen LogP contribution >= 0.6 is 0 Å². The number of fused-ring (bicyclic) bond motifs is 1. The van der Waals surface area contributed by atoms with Crippen molar-refractivity contribution in [3.63, 3.8) is 0 Å². The number of hydrogen-bond acceptors (Lipinski definition) is 5. The summed E-state index contributed by atoms with van der Waals surface area (Å²) in [4.78, 5) is 26.7. The summed E-state index contributed by atoms with van der Waals surface area (Å²) in [5, 5.41) is 4.99. The topological polar surface area (TPSA) is 92.6 Å². The van der Waals surface area contributed by atoms with E-state index in [-0.39, 0.29) is 48.2 Å². The molecule has 0 spiro atoms. The molecule has 0 saturated carbocycles. The lowest BCUT2D eigenvalue weighted by atomic mass is 10.1. The first-order chi connectivity index (χ1) is 14.3. The van der Waals surface area contributed by atoms with Gasteiger partial charge in [0.05, 0.1) is 10.3 Å². The van der Waals surface area contributed by atoms with Crippen LogP contribution in [-0.4, -0.2) is 59.5 Å². The van der Waals surface area contributed by atoms with Crippen LogP contribution < -0.4 is 5.56 Å². The predicted octanol–water partition coefficient (Wildman–Crippen LogP) is 1.22. The van der Waals surface area contributed by atoms with Crippen LogP contribution in [0.2, 0.25) is 0 Å². The molecule has 1 aliphatic heterocycles. The van der Waals surface area contributed by atoms with Crippen LogP contribution in [0.25, 0.3) is 10.8 Å². The smallest absolute Gasteiger partial charge is 0.275 e. The molecule has 2 heterocycles. The van der Waals surface area contributed by atoms with E-state index in [0.717, 1.165) is 10.7 Å². The third-order valence-corrected chi connectivity index (χ3v) is 7.01. The van der Waals surface area contributed by atoms with Gasteiger partial charge in [0.15, 0.2) is 5.69 Å². The average Bonchev–Trinajstić information content (AvgIpc) is 2.76. The molecule has 0 unspecified atom stereocenters. The van der Waals surface area contributed by atoms with E-state index in [1.165, 1.54) is 34.5 Å². The fraction of sp³-hybridized carbons (Fsp3) is 0.250. The largest absolute Gasteiger partial charge is 0.335 e. The normalized spacial score (nSPS) is 15.5. The van der Waals surface area contributed by atoms with Gasteiger partial charge in [-0.15, -0.1) is 0 Å². The van der Waals surface area contributed by atoms with Crippen molar-refractivity contribution in [2.75, 3.05) is 26.2 Å². The SMILES string of the molecule is Cn1nc(C(=O)N2CCN(S(=O)(=O)c3cccc(F)c3)CC2)c2ccccc2c1=O. The first-order valence-electron chi connectivity index (χ1n) is 9.30. The zero-order chi connectivity index (χ0) is 21.5. The number of sulfonamides is 1. The molecule has 1 amide bonds. The van der Waals surface area contributed by atoms with Gasteiger partial charge < -0.3 is 4.90 Å². The van der Waals surface area contributed by atoms with Gasteiger partial charge in [-0.3, -0.25) is 9.59 Å². The molecule has 0 aliphatic carbocycles. The molecule has 30 heavy (non-hydrogen) atoms. The number of nitrogens with zero attached hydrogens (tertiary/aromatic N) is 4. The van der Waals surface area contributed by atoms with Crippen LogP contribution in [-0.2, 0) is 17.1 Å². The highest BCUT2D eigenvalue weighted by Crippen LogP contribution is 2.20. The maximum Gasteiger partial charge on any atom is 0.275 e. The molecule has 1 saturated heterocycles. The van der Waals surface area contributed by atoms with E-state index >= 15 is 0 Å². The molecule has 10 heteroatoms. The zero-order valence-corrected chi connectivity index (χ0v) is 17.0. The first kappa shape index (κ1) is 20.2. The Morgan fingerprint density at radius 3 is 2.33 bits per heavy atom. The molecule has 156 valence electrons. The minimum absolute atomic E-state index is 0.0777. The van der Waals surface area contributed by atoms with E-state index in [1.54, 1.807) is 24.3 Å². The van der Waals surface area contributed by atoms with Crippen molar-refractivity contribution in [2.24, 2.45) is 7.05 Å². The number of rotatable bonds is 3. The Bertz CT molecular complexity index is 1300. The molecular formula is C20H19FN4O4S. The Kier molecular flexibility index (Phi) is 5.12. The number of aryl methyl sites for hydroxylation is 1. The van der Waals surface area contributed by atoms with Crippen molar-refractivity contribution in [3.8, 4) is 0 Å². The molecule has 0 N–H and O–H groups in total. The summed E-state index contributed by atoms with van der Waals surface area (Å²) in [5.41, 5.74) is -0.151. The van der Waals surface area contributed by atoms with Gasteiger partial charge in [-0.25, -0.2) is 17.5 Å². The summed E-state index contributed by atoms with van der Waals surface area (Å²) in [7, 11) is -2.37. The van der Waals surface area contributed by atoms with E-state index in [1.807, 2.05) is 0 Å². The second-order valence-electron chi connectivity index (χ2n) is 6.98. The van der Waals surface area contributed by atoms with Gasteiger partial charge in [0.1, 0.15) is 5.82 Å². The third-order valence-electron chi connectivity index (χ3n) is 5.12. The van der Waals surface area contributed by atoms with E-state index in [0.29, 0.717) is 10.8 Å². The van der Waals surface area contributed by atoms with Gasteiger partial charge in [0.2, 0.25) is 10.0 Å². The highest BCUT2D eigenvalue weighted by atomic mass is 32.2. The average molecular weight is 430 g/mol. The lowest BCUT2D eigenvalue weighted by molar-refractivity contribution is 0.0691. The molecule has 8 nitrogen and oxygen atoms in total. The van der Waals surface area contributed by atoms with Crippen LogP contribution in [0, 0.1) is 5.82 Å². The number of amides is 1. The second-order valence-corrected chi connectivity index (χ2v) is 8.91. The maximum atomic E-state index is 13.4. The number of benzene rings is 2. The highest BCUT2D eigenvalue weighted by Gasteiger charge is 2.31.